The Morgan fingerprint density at radius 1 is 1.05 bits per heavy atom. The second-order valence-electron chi connectivity index (χ2n) is 9.58. The van der Waals surface area contributed by atoms with Gasteiger partial charge in [0.05, 0.1) is 6.61 Å². The van der Waals surface area contributed by atoms with Crippen molar-refractivity contribution in [2.75, 3.05) is 39.5 Å². The third kappa shape index (κ3) is 6.22. The topological polar surface area (TPSA) is 70.1 Å². The normalized spacial score (nSPS) is 18.3. The van der Waals surface area contributed by atoms with E-state index in [1.54, 1.807) is 6.20 Å². The van der Waals surface area contributed by atoms with E-state index in [0.717, 1.165) is 78.7 Å². The van der Waals surface area contributed by atoms with Crippen LogP contribution in [0.1, 0.15) is 39.0 Å². The number of rotatable bonds is 10. The number of carbonyl (C=O) groups is 1. The summed E-state index contributed by atoms with van der Waals surface area (Å²) in [7, 11) is 0. The number of pyridine rings is 1. The summed E-state index contributed by atoms with van der Waals surface area (Å²) in [5.74, 6) is 1.78. The molecule has 0 spiro atoms. The Morgan fingerprint density at radius 3 is 2.65 bits per heavy atom. The second-order valence-corrected chi connectivity index (χ2v) is 9.58. The maximum absolute atomic E-state index is 12.6. The Balaban J connectivity index is 1.23. The molecule has 1 aromatic heterocycles. The van der Waals surface area contributed by atoms with Gasteiger partial charge in [0.25, 0.3) is 5.91 Å². The molecule has 2 aliphatic heterocycles. The molecule has 2 aliphatic rings. The van der Waals surface area contributed by atoms with Gasteiger partial charge in [0.15, 0.2) is 5.75 Å². The summed E-state index contributed by atoms with van der Waals surface area (Å²) in [5, 5.41) is 1.05. The molecular formula is C30H36N2O5. The molecule has 7 nitrogen and oxygen atoms in total. The van der Waals surface area contributed by atoms with E-state index in [4.69, 9.17) is 18.9 Å². The summed E-state index contributed by atoms with van der Waals surface area (Å²) >= 11 is 0. The first kappa shape index (κ1) is 25.5. The van der Waals surface area contributed by atoms with E-state index >= 15 is 0 Å². The van der Waals surface area contributed by atoms with Crippen LogP contribution in [0.3, 0.4) is 0 Å². The first-order chi connectivity index (χ1) is 18.2. The molecular weight excluding hydrogens is 468 g/mol. The van der Waals surface area contributed by atoms with E-state index < -0.39 is 0 Å². The Hall–Kier alpha value is -3.16. The van der Waals surface area contributed by atoms with Crippen LogP contribution in [0.25, 0.3) is 22.0 Å². The van der Waals surface area contributed by atoms with E-state index in [-0.39, 0.29) is 18.1 Å². The highest BCUT2D eigenvalue weighted by atomic mass is 16.5. The van der Waals surface area contributed by atoms with Gasteiger partial charge in [-0.2, -0.15) is 0 Å². The zero-order valence-electron chi connectivity index (χ0n) is 21.6. The summed E-state index contributed by atoms with van der Waals surface area (Å²) in [6, 6.07) is 16.3. The number of carbonyl (C=O) groups excluding carboxylic acids is 1. The van der Waals surface area contributed by atoms with Crippen molar-refractivity contribution < 1.29 is 23.7 Å². The zero-order valence-corrected chi connectivity index (χ0v) is 21.6. The standard InChI is InChI=1S/C30H36N2O5/c1-2-34-19-5-21-36-29-26(13-10-23-6-3-16-31-28(23)29)22-8-11-24(12-9-22)37-25-14-17-32(18-15-25)30(33)27-7-4-20-35-27/h3,6,8-13,16,25,27H,2,4-5,7,14-15,17-21H2,1H3/t27-/m1/s1. The lowest BCUT2D eigenvalue weighted by atomic mass is 10.0. The summed E-state index contributed by atoms with van der Waals surface area (Å²) in [5.41, 5.74) is 2.92. The van der Waals surface area contributed by atoms with Gasteiger partial charge in [-0.3, -0.25) is 9.78 Å². The molecule has 3 heterocycles. The van der Waals surface area contributed by atoms with Gasteiger partial charge in [-0.1, -0.05) is 24.3 Å². The number of aromatic nitrogens is 1. The minimum atomic E-state index is -0.242. The highest BCUT2D eigenvalue weighted by Crippen LogP contribution is 2.37. The van der Waals surface area contributed by atoms with E-state index in [1.807, 2.05) is 30.0 Å². The molecule has 5 rings (SSSR count). The van der Waals surface area contributed by atoms with Crippen molar-refractivity contribution in [3.05, 3.63) is 54.7 Å². The third-order valence-corrected chi connectivity index (χ3v) is 7.04. The van der Waals surface area contributed by atoms with Gasteiger partial charge in [0.1, 0.15) is 23.5 Å². The molecule has 2 saturated heterocycles. The number of hydrogen-bond acceptors (Lipinski definition) is 6. The van der Waals surface area contributed by atoms with Gasteiger partial charge in [-0.25, -0.2) is 0 Å². The minimum absolute atomic E-state index is 0.105. The maximum Gasteiger partial charge on any atom is 0.251 e. The summed E-state index contributed by atoms with van der Waals surface area (Å²) in [6.07, 6.45) is 5.96. The highest BCUT2D eigenvalue weighted by molar-refractivity contribution is 5.92. The van der Waals surface area contributed by atoms with Crippen molar-refractivity contribution in [2.45, 2.75) is 51.2 Å². The quantitative estimate of drug-likeness (QED) is 0.351. The van der Waals surface area contributed by atoms with E-state index in [9.17, 15) is 4.79 Å². The number of amides is 1. The van der Waals surface area contributed by atoms with Crippen molar-refractivity contribution in [3.8, 4) is 22.6 Å². The number of likely N-dealkylation sites (tertiary alicyclic amines) is 1. The largest absolute Gasteiger partial charge is 0.491 e. The lowest BCUT2D eigenvalue weighted by Crippen LogP contribution is -2.45. The van der Waals surface area contributed by atoms with Gasteiger partial charge in [0.2, 0.25) is 0 Å². The fourth-order valence-electron chi connectivity index (χ4n) is 5.05. The lowest BCUT2D eigenvalue weighted by Gasteiger charge is -2.33. The number of nitrogens with zero attached hydrogens (tertiary/aromatic N) is 2. The number of piperidine rings is 1. The van der Waals surface area contributed by atoms with Crippen molar-refractivity contribution in [1.29, 1.82) is 0 Å². The van der Waals surface area contributed by atoms with E-state index in [0.29, 0.717) is 26.4 Å². The molecule has 3 aromatic rings. The van der Waals surface area contributed by atoms with Crippen LogP contribution in [0.5, 0.6) is 11.5 Å². The number of fused-ring (bicyclic) bond motifs is 1. The molecule has 0 N–H and O–H groups in total. The Morgan fingerprint density at radius 2 is 1.89 bits per heavy atom. The van der Waals surface area contributed by atoms with Crippen LogP contribution in [0, 0.1) is 0 Å². The van der Waals surface area contributed by atoms with Crippen molar-refractivity contribution in [3.63, 3.8) is 0 Å². The molecule has 7 heteroatoms. The van der Waals surface area contributed by atoms with Gasteiger partial charge in [-0.05, 0) is 49.6 Å². The Labute approximate surface area is 218 Å². The zero-order chi connectivity index (χ0) is 25.5. The van der Waals surface area contributed by atoms with Crippen LogP contribution >= 0.6 is 0 Å². The molecule has 1 amide bonds. The van der Waals surface area contributed by atoms with Crippen LogP contribution in [0.15, 0.2) is 54.7 Å². The Bertz CT molecular complexity index is 1170. The molecule has 0 radical (unpaired) electrons. The number of hydrogen-bond donors (Lipinski definition) is 0. The molecule has 0 unspecified atom stereocenters. The molecule has 196 valence electrons. The minimum Gasteiger partial charge on any atom is -0.491 e. The van der Waals surface area contributed by atoms with Crippen LogP contribution in [0.2, 0.25) is 0 Å². The fraction of sp³-hybridized carbons (Fsp3) is 0.467. The van der Waals surface area contributed by atoms with E-state index in [2.05, 4.69) is 35.3 Å². The second kappa shape index (κ2) is 12.4. The molecule has 2 fully saturated rings. The first-order valence-electron chi connectivity index (χ1n) is 13.5. The van der Waals surface area contributed by atoms with Crippen LogP contribution in [0.4, 0.5) is 0 Å². The molecule has 37 heavy (non-hydrogen) atoms. The predicted octanol–water partition coefficient (Wildman–Crippen LogP) is 5.26. The number of ether oxygens (including phenoxy) is 4. The van der Waals surface area contributed by atoms with Gasteiger partial charge < -0.3 is 23.8 Å². The smallest absolute Gasteiger partial charge is 0.251 e. The summed E-state index contributed by atoms with van der Waals surface area (Å²) in [4.78, 5) is 19.1. The molecule has 1 atom stereocenters. The van der Waals surface area contributed by atoms with Crippen molar-refractivity contribution in [2.24, 2.45) is 0 Å². The summed E-state index contributed by atoms with van der Waals surface area (Å²) < 4.78 is 23.6. The van der Waals surface area contributed by atoms with Gasteiger partial charge in [0, 0.05) is 69.3 Å². The monoisotopic (exact) mass is 504 g/mol. The SMILES string of the molecule is CCOCCCOc1c(-c2ccc(OC3CCN(C(=O)[C@H]4CCCO4)CC3)cc2)ccc2cccnc12. The van der Waals surface area contributed by atoms with Crippen LogP contribution < -0.4 is 9.47 Å². The Kier molecular flexibility index (Phi) is 8.53. The van der Waals surface area contributed by atoms with E-state index in [1.165, 1.54) is 0 Å². The van der Waals surface area contributed by atoms with Crippen LogP contribution in [-0.2, 0) is 14.3 Å². The summed E-state index contributed by atoms with van der Waals surface area (Å²) in [6.45, 7) is 6.09. The lowest BCUT2D eigenvalue weighted by molar-refractivity contribution is -0.142. The molecule has 0 saturated carbocycles. The van der Waals surface area contributed by atoms with Crippen molar-refractivity contribution >= 4 is 16.8 Å². The molecule has 2 aromatic carbocycles. The maximum atomic E-state index is 12.6. The predicted molar refractivity (Wildman–Crippen MR) is 143 cm³/mol. The van der Waals surface area contributed by atoms with Crippen LogP contribution in [-0.4, -0.2) is 67.5 Å². The average molecular weight is 505 g/mol. The van der Waals surface area contributed by atoms with Gasteiger partial charge in [-0.15, -0.1) is 0 Å². The highest BCUT2D eigenvalue weighted by Gasteiger charge is 2.31. The molecule has 0 bridgehead atoms. The third-order valence-electron chi connectivity index (χ3n) is 7.04. The fourth-order valence-corrected chi connectivity index (χ4v) is 5.05. The van der Waals surface area contributed by atoms with Crippen molar-refractivity contribution in [1.82, 2.24) is 9.88 Å². The van der Waals surface area contributed by atoms with Gasteiger partial charge >= 0.3 is 0 Å². The average Bonchev–Trinajstić information content (AvgIpc) is 3.49. The number of benzene rings is 2. The first-order valence-corrected chi connectivity index (χ1v) is 13.5. The molecule has 0 aliphatic carbocycles.